The number of rotatable bonds is 7. The Hall–Kier alpha value is -0.950. The van der Waals surface area contributed by atoms with E-state index in [-0.39, 0.29) is 11.7 Å². The summed E-state index contributed by atoms with van der Waals surface area (Å²) in [5.74, 6) is -0.594. The van der Waals surface area contributed by atoms with E-state index in [0.29, 0.717) is 27.9 Å². The number of hydrogen-bond donors (Lipinski definition) is 3. The van der Waals surface area contributed by atoms with Crippen molar-refractivity contribution in [2.45, 2.75) is 12.5 Å². The van der Waals surface area contributed by atoms with Crippen LogP contribution in [-0.4, -0.2) is 34.5 Å². The van der Waals surface area contributed by atoms with Crippen LogP contribution >= 0.6 is 35.0 Å². The van der Waals surface area contributed by atoms with Crippen LogP contribution in [0.25, 0.3) is 0 Å². The fourth-order valence-electron chi connectivity index (χ4n) is 1.28. The minimum atomic E-state index is -1.04. The normalized spacial score (nSPS) is 11.9. The Morgan fingerprint density at radius 1 is 1.40 bits per heavy atom. The highest BCUT2D eigenvalue weighted by Gasteiger charge is 2.11. The number of carbonyl (C=O) groups excluding carboxylic acids is 1. The van der Waals surface area contributed by atoms with Crippen molar-refractivity contribution >= 4 is 52.5 Å². The summed E-state index contributed by atoms with van der Waals surface area (Å²) in [6.07, 6.45) is 0.311. The number of nitrogens with two attached hydrogens (primary N) is 1. The summed E-state index contributed by atoms with van der Waals surface area (Å²) in [7, 11) is 0. The maximum absolute atomic E-state index is 11.7. The van der Waals surface area contributed by atoms with Gasteiger partial charge in [0, 0.05) is 5.02 Å². The lowest BCUT2D eigenvalue weighted by molar-refractivity contribution is -0.138. The number of thioether (sulfide) groups is 1. The Bertz CT molecular complexity index is 500. The van der Waals surface area contributed by atoms with Crippen LogP contribution in [0.2, 0.25) is 10.0 Å². The van der Waals surface area contributed by atoms with Gasteiger partial charge < -0.3 is 16.2 Å². The second-order valence-corrected chi connectivity index (χ2v) is 5.91. The zero-order valence-corrected chi connectivity index (χ0v) is 12.8. The molecular weight excluding hydrogens is 323 g/mol. The topological polar surface area (TPSA) is 92.4 Å². The standard InChI is InChI=1S/C12H14Cl2N2O3S/c13-7-1-2-8(14)10(5-7)16-11(17)6-20-4-3-9(15)12(18)19/h1-2,5,9H,3-4,6,15H2,(H,16,17)(H,18,19). The Morgan fingerprint density at radius 2 is 2.10 bits per heavy atom. The number of carboxylic acid groups (broad SMARTS) is 1. The van der Waals surface area contributed by atoms with Gasteiger partial charge in [0.1, 0.15) is 6.04 Å². The number of anilines is 1. The third kappa shape index (κ3) is 6.00. The summed E-state index contributed by atoms with van der Waals surface area (Å²) in [6, 6.07) is 3.89. The van der Waals surface area contributed by atoms with Crippen molar-refractivity contribution in [2.75, 3.05) is 16.8 Å². The predicted octanol–water partition coefficient (Wildman–Crippen LogP) is 2.47. The van der Waals surface area contributed by atoms with Gasteiger partial charge in [0.25, 0.3) is 0 Å². The van der Waals surface area contributed by atoms with Crippen molar-refractivity contribution in [3.8, 4) is 0 Å². The predicted molar refractivity (Wildman–Crippen MR) is 82.6 cm³/mol. The summed E-state index contributed by atoms with van der Waals surface area (Å²) < 4.78 is 0. The lowest BCUT2D eigenvalue weighted by Crippen LogP contribution is -2.30. The molecule has 0 heterocycles. The van der Waals surface area contributed by atoms with Crippen molar-refractivity contribution in [1.29, 1.82) is 0 Å². The van der Waals surface area contributed by atoms with E-state index in [0.717, 1.165) is 0 Å². The van der Waals surface area contributed by atoms with Gasteiger partial charge in [-0.2, -0.15) is 11.8 Å². The quantitative estimate of drug-likeness (QED) is 0.665. The van der Waals surface area contributed by atoms with Gasteiger partial charge in [0.05, 0.1) is 16.5 Å². The van der Waals surface area contributed by atoms with E-state index < -0.39 is 12.0 Å². The van der Waals surface area contributed by atoms with Gasteiger partial charge in [-0.05, 0) is 30.4 Å². The number of aliphatic carboxylic acids is 1. The summed E-state index contributed by atoms with van der Waals surface area (Å²) in [5.41, 5.74) is 5.80. The maximum Gasteiger partial charge on any atom is 0.320 e. The number of benzene rings is 1. The first-order valence-electron chi connectivity index (χ1n) is 5.71. The zero-order valence-electron chi connectivity index (χ0n) is 10.4. The third-order valence-electron chi connectivity index (χ3n) is 2.33. The van der Waals surface area contributed by atoms with E-state index >= 15 is 0 Å². The van der Waals surface area contributed by atoms with Crippen molar-refractivity contribution < 1.29 is 14.7 Å². The Kier molecular flexibility index (Phi) is 7.15. The minimum Gasteiger partial charge on any atom is -0.480 e. The monoisotopic (exact) mass is 336 g/mol. The number of halogens is 2. The van der Waals surface area contributed by atoms with E-state index in [2.05, 4.69) is 5.32 Å². The molecule has 0 aliphatic heterocycles. The molecule has 0 fully saturated rings. The van der Waals surface area contributed by atoms with Crippen LogP contribution in [-0.2, 0) is 9.59 Å². The van der Waals surface area contributed by atoms with E-state index in [1.165, 1.54) is 11.8 Å². The van der Waals surface area contributed by atoms with Gasteiger partial charge in [-0.25, -0.2) is 0 Å². The summed E-state index contributed by atoms with van der Waals surface area (Å²) >= 11 is 13.0. The summed E-state index contributed by atoms with van der Waals surface area (Å²) in [5, 5.41) is 12.1. The highest BCUT2D eigenvalue weighted by atomic mass is 35.5. The number of nitrogens with one attached hydrogen (secondary N) is 1. The fraction of sp³-hybridized carbons (Fsp3) is 0.333. The molecule has 0 aliphatic carbocycles. The number of amides is 1. The van der Waals surface area contributed by atoms with Gasteiger partial charge >= 0.3 is 5.97 Å². The van der Waals surface area contributed by atoms with Crippen LogP contribution in [0.5, 0.6) is 0 Å². The molecule has 8 heteroatoms. The lowest BCUT2D eigenvalue weighted by Gasteiger charge is -2.08. The number of carbonyl (C=O) groups is 2. The molecule has 5 nitrogen and oxygen atoms in total. The first-order valence-corrected chi connectivity index (χ1v) is 7.62. The highest BCUT2D eigenvalue weighted by Crippen LogP contribution is 2.25. The van der Waals surface area contributed by atoms with Crippen molar-refractivity contribution in [3.63, 3.8) is 0 Å². The molecule has 0 aromatic heterocycles. The van der Waals surface area contributed by atoms with E-state index in [4.69, 9.17) is 34.0 Å². The molecule has 0 spiro atoms. The van der Waals surface area contributed by atoms with Crippen LogP contribution in [0.4, 0.5) is 5.69 Å². The molecule has 1 atom stereocenters. The Labute approximate surface area is 130 Å². The first kappa shape index (κ1) is 17.1. The SMILES string of the molecule is NC(CCSCC(=O)Nc1cc(Cl)ccc1Cl)C(=O)O. The Balaban J connectivity index is 2.34. The molecule has 0 bridgehead atoms. The molecule has 110 valence electrons. The van der Waals surface area contributed by atoms with E-state index in [1.54, 1.807) is 18.2 Å². The fourth-order valence-corrected chi connectivity index (χ4v) is 2.44. The van der Waals surface area contributed by atoms with Crippen LogP contribution < -0.4 is 11.1 Å². The molecular formula is C12H14Cl2N2O3S. The van der Waals surface area contributed by atoms with Crippen LogP contribution in [0, 0.1) is 0 Å². The van der Waals surface area contributed by atoms with Crippen LogP contribution in [0.1, 0.15) is 6.42 Å². The third-order valence-corrected chi connectivity index (χ3v) is 3.88. The van der Waals surface area contributed by atoms with Gasteiger partial charge in [0.2, 0.25) is 5.91 Å². The van der Waals surface area contributed by atoms with Crippen LogP contribution in [0.3, 0.4) is 0 Å². The van der Waals surface area contributed by atoms with Crippen molar-refractivity contribution in [3.05, 3.63) is 28.2 Å². The van der Waals surface area contributed by atoms with E-state index in [9.17, 15) is 9.59 Å². The second kappa shape index (κ2) is 8.36. The molecule has 1 rings (SSSR count). The molecule has 0 saturated heterocycles. The second-order valence-electron chi connectivity index (χ2n) is 3.96. The Morgan fingerprint density at radius 3 is 2.75 bits per heavy atom. The number of carboxylic acids is 1. The molecule has 4 N–H and O–H groups in total. The highest BCUT2D eigenvalue weighted by molar-refractivity contribution is 7.99. The van der Waals surface area contributed by atoms with Gasteiger partial charge in [-0.15, -0.1) is 0 Å². The molecule has 0 aliphatic rings. The zero-order chi connectivity index (χ0) is 15.1. The van der Waals surface area contributed by atoms with Crippen molar-refractivity contribution in [2.24, 2.45) is 5.73 Å². The molecule has 1 aromatic carbocycles. The lowest BCUT2D eigenvalue weighted by atomic mass is 10.2. The average molecular weight is 337 g/mol. The average Bonchev–Trinajstić information content (AvgIpc) is 2.38. The van der Waals surface area contributed by atoms with Crippen LogP contribution in [0.15, 0.2) is 18.2 Å². The summed E-state index contributed by atoms with van der Waals surface area (Å²) in [4.78, 5) is 22.2. The smallest absolute Gasteiger partial charge is 0.320 e. The van der Waals surface area contributed by atoms with E-state index in [1.807, 2.05) is 0 Å². The minimum absolute atomic E-state index is 0.190. The molecule has 0 saturated carbocycles. The maximum atomic E-state index is 11.7. The molecule has 1 amide bonds. The van der Waals surface area contributed by atoms with Crippen molar-refractivity contribution in [1.82, 2.24) is 0 Å². The summed E-state index contributed by atoms with van der Waals surface area (Å²) in [6.45, 7) is 0. The molecule has 20 heavy (non-hydrogen) atoms. The first-order chi connectivity index (χ1) is 9.40. The molecule has 0 radical (unpaired) electrons. The van der Waals surface area contributed by atoms with Gasteiger partial charge in [-0.3, -0.25) is 9.59 Å². The molecule has 1 aromatic rings. The largest absolute Gasteiger partial charge is 0.480 e. The van der Waals surface area contributed by atoms with Gasteiger partial charge in [0.15, 0.2) is 0 Å². The molecule has 1 unspecified atom stereocenters. The number of hydrogen-bond acceptors (Lipinski definition) is 4. The van der Waals surface area contributed by atoms with Gasteiger partial charge in [-0.1, -0.05) is 23.2 Å².